The number of nitrogens with zero attached hydrogens (tertiary/aromatic N) is 2. The van der Waals surface area contributed by atoms with Crippen LogP contribution in [0.2, 0.25) is 0 Å². The highest BCUT2D eigenvalue weighted by atomic mass is 35.5. The molecule has 0 aliphatic heterocycles. The van der Waals surface area contributed by atoms with Crippen molar-refractivity contribution in [2.45, 2.75) is 19.9 Å². The van der Waals surface area contributed by atoms with Crippen LogP contribution in [-0.2, 0) is 6.54 Å². The minimum atomic E-state index is 0. The third-order valence-corrected chi connectivity index (χ3v) is 1.58. The smallest absolute Gasteiger partial charge is 0.204 e. The summed E-state index contributed by atoms with van der Waals surface area (Å²) < 4.78 is 2.00. The van der Waals surface area contributed by atoms with E-state index in [1.54, 1.807) is 6.07 Å². The molecule has 12 heavy (non-hydrogen) atoms. The Kier molecular flexibility index (Phi) is 4.42. The van der Waals surface area contributed by atoms with Crippen molar-refractivity contribution in [3.63, 3.8) is 0 Å². The molecule has 1 rings (SSSR count). The lowest BCUT2D eigenvalue weighted by Crippen LogP contribution is -3.00. The quantitative estimate of drug-likeness (QED) is 0.551. The normalized spacial score (nSPS) is 8.75. The summed E-state index contributed by atoms with van der Waals surface area (Å²) in [5.41, 5.74) is 4.52. The van der Waals surface area contributed by atoms with E-state index < -0.39 is 0 Å². The predicted molar refractivity (Wildman–Crippen MR) is 42.0 cm³/mol. The van der Waals surface area contributed by atoms with Gasteiger partial charge < -0.3 is 22.7 Å². The number of rotatable bonds is 2. The second-order valence-electron chi connectivity index (χ2n) is 2.53. The first-order chi connectivity index (χ1) is 5.27. The van der Waals surface area contributed by atoms with Gasteiger partial charge in [-0.1, -0.05) is 6.92 Å². The van der Waals surface area contributed by atoms with Crippen molar-refractivity contribution in [2.24, 2.45) is 0 Å². The van der Waals surface area contributed by atoms with Crippen molar-refractivity contribution in [3.05, 3.63) is 17.8 Å². The Balaban J connectivity index is 0.00000121. The Bertz CT molecular complexity index is 285. The average molecular weight is 186 g/mol. The summed E-state index contributed by atoms with van der Waals surface area (Å²) in [6.45, 7) is 3.05. The first kappa shape index (κ1) is 11.0. The summed E-state index contributed by atoms with van der Waals surface area (Å²) in [5, 5.41) is 8.55. The van der Waals surface area contributed by atoms with Crippen LogP contribution < -0.4 is 18.1 Å². The van der Waals surface area contributed by atoms with Crippen LogP contribution in [0.3, 0.4) is 0 Å². The molecule has 1 aromatic heterocycles. The summed E-state index contributed by atoms with van der Waals surface area (Å²) in [4.78, 5) is 0. The topological polar surface area (TPSA) is 56.4 Å². The van der Waals surface area contributed by atoms with Crippen LogP contribution in [0, 0.1) is 11.3 Å². The second kappa shape index (κ2) is 4.81. The van der Waals surface area contributed by atoms with Crippen molar-refractivity contribution in [2.75, 3.05) is 0 Å². The molecule has 0 spiro atoms. The minimum Gasteiger partial charge on any atom is -1.00 e. The van der Waals surface area contributed by atoms with Crippen LogP contribution in [0.5, 0.6) is 0 Å². The minimum absolute atomic E-state index is 0. The Labute approximate surface area is 78.2 Å². The van der Waals surface area contributed by atoms with E-state index >= 15 is 0 Å². The van der Waals surface area contributed by atoms with Crippen LogP contribution in [0.4, 0.5) is 5.82 Å². The van der Waals surface area contributed by atoms with Crippen LogP contribution >= 0.6 is 0 Å². The fourth-order valence-corrected chi connectivity index (χ4v) is 1.06. The van der Waals surface area contributed by atoms with Gasteiger partial charge in [-0.3, -0.25) is 0 Å². The fraction of sp³-hybridized carbons (Fsp3) is 0.375. The molecule has 4 heteroatoms. The van der Waals surface area contributed by atoms with Gasteiger partial charge in [-0.25, -0.2) is 0 Å². The fourth-order valence-electron chi connectivity index (χ4n) is 1.06. The van der Waals surface area contributed by atoms with E-state index in [2.05, 4.69) is 18.7 Å². The predicted octanol–water partition coefficient (Wildman–Crippen LogP) is -2.35. The van der Waals surface area contributed by atoms with Crippen LogP contribution in [0.25, 0.3) is 0 Å². The maximum atomic E-state index is 8.55. The van der Waals surface area contributed by atoms with Gasteiger partial charge in [0.1, 0.15) is 6.07 Å². The molecule has 3 nitrogen and oxygen atoms in total. The van der Waals surface area contributed by atoms with Gasteiger partial charge in [-0.15, -0.1) is 0 Å². The molecule has 0 aromatic carbocycles. The molecule has 0 bridgehead atoms. The summed E-state index contributed by atoms with van der Waals surface area (Å²) in [7, 11) is 0. The number of aryl methyl sites for hydroxylation is 1. The zero-order valence-electron chi connectivity index (χ0n) is 7.05. The highest BCUT2D eigenvalue weighted by Crippen LogP contribution is 2.07. The van der Waals surface area contributed by atoms with Gasteiger partial charge in [0.15, 0.2) is 0 Å². The van der Waals surface area contributed by atoms with Crippen LogP contribution in [0.1, 0.15) is 18.9 Å². The lowest BCUT2D eigenvalue weighted by Gasteiger charge is -1.97. The SMILES string of the molecule is CCCn1cc(C#N)cc1[NH3+].[Cl-]. The molecule has 0 aliphatic carbocycles. The van der Waals surface area contributed by atoms with Crippen LogP contribution in [0.15, 0.2) is 12.3 Å². The molecule has 0 saturated carbocycles. The van der Waals surface area contributed by atoms with Crippen LogP contribution in [-0.4, -0.2) is 4.57 Å². The monoisotopic (exact) mass is 185 g/mol. The molecule has 0 atom stereocenters. The zero-order valence-corrected chi connectivity index (χ0v) is 7.80. The third-order valence-electron chi connectivity index (χ3n) is 1.58. The maximum absolute atomic E-state index is 8.55. The molecule has 0 aliphatic rings. The van der Waals surface area contributed by atoms with Gasteiger partial charge in [0.25, 0.3) is 0 Å². The molecule has 0 amide bonds. The standard InChI is InChI=1S/C8H11N3.ClH/c1-2-3-11-6-7(5-9)4-8(11)10;/h4,6H,2-3,10H2,1H3;1H. The molecule has 0 unspecified atom stereocenters. The molecular formula is C8H12ClN3. The third kappa shape index (κ3) is 2.26. The van der Waals surface area contributed by atoms with Crippen molar-refractivity contribution in [1.29, 1.82) is 5.26 Å². The van der Waals surface area contributed by atoms with Gasteiger partial charge in [-0.05, 0) is 6.42 Å². The van der Waals surface area contributed by atoms with Gasteiger partial charge >= 0.3 is 0 Å². The van der Waals surface area contributed by atoms with Crippen molar-refractivity contribution in [3.8, 4) is 6.07 Å². The zero-order chi connectivity index (χ0) is 8.27. The number of halogens is 1. The van der Waals surface area contributed by atoms with E-state index in [0.717, 1.165) is 18.8 Å². The number of nitriles is 1. The molecule has 66 valence electrons. The number of quaternary nitrogens is 1. The number of aromatic nitrogens is 1. The van der Waals surface area contributed by atoms with E-state index in [4.69, 9.17) is 5.26 Å². The summed E-state index contributed by atoms with van der Waals surface area (Å²) in [6, 6.07) is 3.89. The molecule has 1 heterocycles. The molecular weight excluding hydrogens is 174 g/mol. The highest BCUT2D eigenvalue weighted by molar-refractivity contribution is 5.36. The Morgan fingerprint density at radius 3 is 2.75 bits per heavy atom. The van der Waals surface area contributed by atoms with E-state index in [9.17, 15) is 0 Å². The molecule has 3 N–H and O–H groups in total. The summed E-state index contributed by atoms with van der Waals surface area (Å²) in [5.74, 6) is 0.920. The van der Waals surface area contributed by atoms with E-state index in [0.29, 0.717) is 5.56 Å². The average Bonchev–Trinajstić information content (AvgIpc) is 2.33. The van der Waals surface area contributed by atoms with Gasteiger partial charge in [0.05, 0.1) is 5.56 Å². The van der Waals surface area contributed by atoms with Gasteiger partial charge in [0.2, 0.25) is 5.82 Å². The van der Waals surface area contributed by atoms with E-state index in [-0.39, 0.29) is 12.4 Å². The second-order valence-corrected chi connectivity index (χ2v) is 2.53. The van der Waals surface area contributed by atoms with Crippen molar-refractivity contribution in [1.82, 2.24) is 4.57 Å². The Morgan fingerprint density at radius 1 is 1.67 bits per heavy atom. The van der Waals surface area contributed by atoms with Crippen molar-refractivity contribution >= 4 is 5.82 Å². The summed E-state index contributed by atoms with van der Waals surface area (Å²) >= 11 is 0. The highest BCUT2D eigenvalue weighted by Gasteiger charge is 2.02. The van der Waals surface area contributed by atoms with Gasteiger partial charge in [-0.2, -0.15) is 5.26 Å². The van der Waals surface area contributed by atoms with E-state index in [1.807, 2.05) is 10.8 Å². The maximum Gasteiger partial charge on any atom is 0.204 e. The van der Waals surface area contributed by atoms with E-state index in [1.165, 1.54) is 0 Å². The first-order valence-electron chi connectivity index (χ1n) is 3.70. The molecule has 0 saturated heterocycles. The summed E-state index contributed by atoms with van der Waals surface area (Å²) in [6.07, 6.45) is 2.91. The number of hydrogen-bond donors (Lipinski definition) is 1. The lowest BCUT2D eigenvalue weighted by atomic mass is 10.4. The number of hydrogen-bond acceptors (Lipinski definition) is 1. The largest absolute Gasteiger partial charge is 1.00 e. The van der Waals surface area contributed by atoms with Crippen molar-refractivity contribution < 1.29 is 18.1 Å². The van der Waals surface area contributed by atoms with Gasteiger partial charge in [0, 0.05) is 18.8 Å². The lowest BCUT2D eigenvalue weighted by molar-refractivity contribution is -0.264. The Morgan fingerprint density at radius 2 is 2.33 bits per heavy atom. The molecule has 1 aromatic rings. The molecule has 0 fully saturated rings. The Hall–Kier alpha value is -0.980. The first-order valence-corrected chi connectivity index (χ1v) is 3.70. The molecule has 0 radical (unpaired) electrons.